The molecule has 4 rings (SSSR count). The molecule has 0 amide bonds. The lowest BCUT2D eigenvalue weighted by molar-refractivity contribution is 0.611. The zero-order valence-corrected chi connectivity index (χ0v) is 11.2. The second-order valence-electron chi connectivity index (χ2n) is 4.60. The van der Waals surface area contributed by atoms with Crippen LogP contribution in [-0.4, -0.2) is 29.9 Å². The second kappa shape index (κ2) is 4.92. The van der Waals surface area contributed by atoms with Crippen LogP contribution in [0.2, 0.25) is 0 Å². The topological polar surface area (TPSA) is 84.3 Å². The van der Waals surface area contributed by atoms with Crippen molar-refractivity contribution in [2.45, 2.75) is 0 Å². The Morgan fingerprint density at radius 2 is 2.05 bits per heavy atom. The van der Waals surface area contributed by atoms with Gasteiger partial charge in [-0.05, 0) is 12.1 Å². The number of rotatable bonds is 3. The molecule has 0 bridgehead atoms. The van der Waals surface area contributed by atoms with Crippen molar-refractivity contribution in [3.63, 3.8) is 0 Å². The zero-order valence-electron chi connectivity index (χ0n) is 11.2. The standard InChI is InChI=1S/C14H10FN7/c15-11-3-1-2-4-12(11)22-7-9(5-19-22)20-13-10-6-18-21-14(10)17-8-16-13/h1-8H,(H2,16,17,18,20,21). The maximum absolute atomic E-state index is 13.8. The second-order valence-corrected chi connectivity index (χ2v) is 4.60. The normalized spacial score (nSPS) is 11.0. The van der Waals surface area contributed by atoms with Gasteiger partial charge in [-0.3, -0.25) is 5.10 Å². The number of para-hydroxylation sites is 1. The number of aromatic amines is 1. The van der Waals surface area contributed by atoms with Gasteiger partial charge in [0.1, 0.15) is 23.6 Å². The minimum absolute atomic E-state index is 0.337. The monoisotopic (exact) mass is 295 g/mol. The highest BCUT2D eigenvalue weighted by molar-refractivity contribution is 5.87. The molecule has 1 aromatic carbocycles. The number of hydrogen-bond acceptors (Lipinski definition) is 5. The Morgan fingerprint density at radius 3 is 2.95 bits per heavy atom. The molecule has 3 heterocycles. The van der Waals surface area contributed by atoms with Crippen molar-refractivity contribution >= 4 is 22.5 Å². The maximum atomic E-state index is 13.8. The summed E-state index contributed by atoms with van der Waals surface area (Å²) in [5.41, 5.74) is 1.70. The summed E-state index contributed by atoms with van der Waals surface area (Å²) in [6, 6.07) is 6.44. The quantitative estimate of drug-likeness (QED) is 0.606. The van der Waals surface area contributed by atoms with Crippen LogP contribution in [0.1, 0.15) is 0 Å². The van der Waals surface area contributed by atoms with E-state index in [4.69, 9.17) is 0 Å². The number of nitrogens with zero attached hydrogens (tertiary/aromatic N) is 5. The lowest BCUT2D eigenvalue weighted by atomic mass is 10.3. The SMILES string of the molecule is Fc1ccccc1-n1cc(Nc2ncnc3[nH]ncc23)cn1. The molecule has 0 aliphatic rings. The van der Waals surface area contributed by atoms with E-state index in [9.17, 15) is 4.39 Å². The van der Waals surface area contributed by atoms with E-state index < -0.39 is 0 Å². The van der Waals surface area contributed by atoms with E-state index in [1.54, 1.807) is 36.8 Å². The highest BCUT2D eigenvalue weighted by Gasteiger charge is 2.09. The van der Waals surface area contributed by atoms with Crippen molar-refractivity contribution in [2.24, 2.45) is 0 Å². The van der Waals surface area contributed by atoms with Crippen molar-refractivity contribution in [3.05, 3.63) is 55.0 Å². The summed E-state index contributed by atoms with van der Waals surface area (Å²) in [6.45, 7) is 0. The van der Waals surface area contributed by atoms with Crippen molar-refractivity contribution in [3.8, 4) is 5.69 Å². The molecule has 22 heavy (non-hydrogen) atoms. The number of H-pyrrole nitrogens is 1. The molecule has 2 N–H and O–H groups in total. The number of hydrogen-bond donors (Lipinski definition) is 2. The van der Waals surface area contributed by atoms with Gasteiger partial charge in [-0.1, -0.05) is 12.1 Å². The molecule has 108 valence electrons. The average Bonchev–Trinajstić information content (AvgIpc) is 3.17. The fourth-order valence-corrected chi connectivity index (χ4v) is 2.16. The van der Waals surface area contributed by atoms with Gasteiger partial charge in [0.05, 0.1) is 29.7 Å². The molecule has 0 unspecified atom stereocenters. The largest absolute Gasteiger partial charge is 0.337 e. The van der Waals surface area contributed by atoms with Crippen LogP contribution in [0.3, 0.4) is 0 Å². The smallest absolute Gasteiger partial charge is 0.160 e. The number of halogens is 1. The Morgan fingerprint density at radius 1 is 1.14 bits per heavy atom. The third-order valence-electron chi connectivity index (χ3n) is 3.19. The summed E-state index contributed by atoms with van der Waals surface area (Å²) in [4.78, 5) is 8.25. The van der Waals surface area contributed by atoms with E-state index in [1.165, 1.54) is 17.1 Å². The Hall–Kier alpha value is -3.29. The molecule has 0 atom stereocenters. The van der Waals surface area contributed by atoms with E-state index in [2.05, 4.69) is 30.6 Å². The van der Waals surface area contributed by atoms with Crippen molar-refractivity contribution < 1.29 is 4.39 Å². The zero-order chi connectivity index (χ0) is 14.9. The molecule has 0 aliphatic carbocycles. The number of aromatic nitrogens is 6. The highest BCUT2D eigenvalue weighted by atomic mass is 19.1. The van der Waals surface area contributed by atoms with E-state index in [0.717, 1.165) is 5.39 Å². The van der Waals surface area contributed by atoms with Gasteiger partial charge in [-0.25, -0.2) is 19.0 Å². The van der Waals surface area contributed by atoms with Gasteiger partial charge in [0.25, 0.3) is 0 Å². The molecule has 8 heteroatoms. The molecule has 7 nitrogen and oxygen atoms in total. The van der Waals surface area contributed by atoms with Crippen LogP contribution in [-0.2, 0) is 0 Å². The maximum Gasteiger partial charge on any atom is 0.160 e. The predicted octanol–water partition coefficient (Wildman–Crippen LogP) is 2.42. The highest BCUT2D eigenvalue weighted by Crippen LogP contribution is 2.22. The predicted molar refractivity (Wildman–Crippen MR) is 78.5 cm³/mol. The van der Waals surface area contributed by atoms with Gasteiger partial charge in [-0.2, -0.15) is 10.2 Å². The first-order valence-corrected chi connectivity index (χ1v) is 6.52. The molecule has 3 aromatic heterocycles. The summed E-state index contributed by atoms with van der Waals surface area (Å²) in [5.74, 6) is 0.267. The Labute approximate surface area is 123 Å². The van der Waals surface area contributed by atoms with Gasteiger partial charge < -0.3 is 5.32 Å². The van der Waals surface area contributed by atoms with E-state index in [-0.39, 0.29) is 5.82 Å². The molecule has 0 aliphatic heterocycles. The summed E-state index contributed by atoms with van der Waals surface area (Å²) >= 11 is 0. The van der Waals surface area contributed by atoms with Crippen LogP contribution in [0.5, 0.6) is 0 Å². The molecule has 0 saturated carbocycles. The minimum Gasteiger partial charge on any atom is -0.337 e. The minimum atomic E-state index is -0.337. The van der Waals surface area contributed by atoms with Crippen LogP contribution in [0.25, 0.3) is 16.7 Å². The molecule has 0 saturated heterocycles. The molecule has 4 aromatic rings. The Bertz CT molecular complexity index is 943. The van der Waals surface area contributed by atoms with Gasteiger partial charge in [0.2, 0.25) is 0 Å². The number of benzene rings is 1. The van der Waals surface area contributed by atoms with Gasteiger partial charge in [-0.15, -0.1) is 0 Å². The fraction of sp³-hybridized carbons (Fsp3) is 0. The fourth-order valence-electron chi connectivity index (χ4n) is 2.16. The van der Waals surface area contributed by atoms with Crippen molar-refractivity contribution in [1.29, 1.82) is 0 Å². The summed E-state index contributed by atoms with van der Waals surface area (Å²) in [6.07, 6.45) is 6.36. The van der Waals surface area contributed by atoms with Gasteiger partial charge in [0, 0.05) is 0 Å². The number of anilines is 2. The van der Waals surface area contributed by atoms with Gasteiger partial charge >= 0.3 is 0 Å². The molecular weight excluding hydrogens is 285 g/mol. The van der Waals surface area contributed by atoms with E-state index in [1.807, 2.05) is 0 Å². The third-order valence-corrected chi connectivity index (χ3v) is 3.19. The number of nitrogens with one attached hydrogen (secondary N) is 2. The Kier molecular flexibility index (Phi) is 2.78. The molecule has 0 spiro atoms. The Balaban J connectivity index is 1.68. The molecule has 0 radical (unpaired) electrons. The first-order chi connectivity index (χ1) is 10.8. The lowest BCUT2D eigenvalue weighted by Gasteiger charge is -2.03. The van der Waals surface area contributed by atoms with E-state index >= 15 is 0 Å². The first-order valence-electron chi connectivity index (χ1n) is 6.52. The van der Waals surface area contributed by atoms with Crippen LogP contribution in [0.15, 0.2) is 49.2 Å². The van der Waals surface area contributed by atoms with Crippen molar-refractivity contribution in [2.75, 3.05) is 5.32 Å². The summed E-state index contributed by atoms with van der Waals surface area (Å²) in [5, 5.41) is 14.8. The average molecular weight is 295 g/mol. The van der Waals surface area contributed by atoms with Crippen LogP contribution in [0, 0.1) is 5.82 Å². The third kappa shape index (κ3) is 2.06. The van der Waals surface area contributed by atoms with Crippen molar-refractivity contribution in [1.82, 2.24) is 29.9 Å². The van der Waals surface area contributed by atoms with Crippen LogP contribution in [0.4, 0.5) is 15.9 Å². The molecular formula is C14H10FN7. The molecule has 0 fully saturated rings. The summed E-state index contributed by atoms with van der Waals surface area (Å²) < 4.78 is 15.2. The summed E-state index contributed by atoms with van der Waals surface area (Å²) in [7, 11) is 0. The number of fused-ring (bicyclic) bond motifs is 1. The van der Waals surface area contributed by atoms with Crippen LogP contribution < -0.4 is 5.32 Å². The van der Waals surface area contributed by atoms with Crippen LogP contribution >= 0.6 is 0 Å². The lowest BCUT2D eigenvalue weighted by Crippen LogP contribution is -1.97. The van der Waals surface area contributed by atoms with Gasteiger partial charge in [0.15, 0.2) is 5.65 Å². The first kappa shape index (κ1) is 12.5. The van der Waals surface area contributed by atoms with E-state index in [0.29, 0.717) is 22.8 Å².